The maximum Gasteiger partial charge on any atom is 0.253 e. The van der Waals surface area contributed by atoms with Crippen LogP contribution in [0.15, 0.2) is 18.2 Å². The van der Waals surface area contributed by atoms with Gasteiger partial charge in [0.05, 0.1) is 7.11 Å². The standard InChI is InChI=1S/C13H19NO3/c1-5-9(2)14(3)13(16)10-6-7-12(17-4)11(15)8-10/h6-9,15H,5H2,1-4H3. The number of methoxy groups -OCH3 is 1. The van der Waals surface area contributed by atoms with Crippen molar-refractivity contribution in [2.75, 3.05) is 14.2 Å². The third-order valence-corrected chi connectivity index (χ3v) is 3.00. The van der Waals surface area contributed by atoms with Crippen LogP contribution in [0.3, 0.4) is 0 Å². The molecule has 0 aliphatic heterocycles. The molecule has 0 aromatic heterocycles. The molecule has 0 aliphatic rings. The van der Waals surface area contributed by atoms with E-state index in [0.29, 0.717) is 11.3 Å². The van der Waals surface area contributed by atoms with Crippen molar-refractivity contribution in [2.45, 2.75) is 26.3 Å². The Balaban J connectivity index is 2.93. The monoisotopic (exact) mass is 237 g/mol. The van der Waals surface area contributed by atoms with E-state index in [1.54, 1.807) is 24.1 Å². The minimum absolute atomic E-state index is 0.0177. The van der Waals surface area contributed by atoms with Crippen LogP contribution in [0, 0.1) is 0 Å². The van der Waals surface area contributed by atoms with Crippen LogP contribution in [-0.2, 0) is 0 Å². The average Bonchev–Trinajstić information content (AvgIpc) is 2.35. The van der Waals surface area contributed by atoms with E-state index in [2.05, 4.69) is 0 Å². The fraction of sp³-hybridized carbons (Fsp3) is 0.462. The van der Waals surface area contributed by atoms with Gasteiger partial charge in [-0.3, -0.25) is 4.79 Å². The third kappa shape index (κ3) is 2.90. The Morgan fingerprint density at radius 3 is 2.65 bits per heavy atom. The number of hydrogen-bond donors (Lipinski definition) is 1. The number of carbonyl (C=O) groups excluding carboxylic acids is 1. The molecule has 0 heterocycles. The number of hydrogen-bond acceptors (Lipinski definition) is 3. The molecule has 0 spiro atoms. The molecule has 1 unspecified atom stereocenters. The lowest BCUT2D eigenvalue weighted by molar-refractivity contribution is 0.0740. The second kappa shape index (κ2) is 5.57. The molecular weight excluding hydrogens is 218 g/mol. The minimum Gasteiger partial charge on any atom is -0.504 e. The van der Waals surface area contributed by atoms with Crippen LogP contribution in [0.2, 0.25) is 0 Å². The topological polar surface area (TPSA) is 49.8 Å². The first-order valence-electron chi connectivity index (χ1n) is 5.65. The fourth-order valence-corrected chi connectivity index (χ4v) is 1.50. The second-order valence-electron chi connectivity index (χ2n) is 4.06. The van der Waals surface area contributed by atoms with Gasteiger partial charge in [0, 0.05) is 18.7 Å². The summed E-state index contributed by atoms with van der Waals surface area (Å²) in [7, 11) is 3.24. The SMILES string of the molecule is CCC(C)N(C)C(=O)c1ccc(OC)c(O)c1. The smallest absolute Gasteiger partial charge is 0.253 e. The highest BCUT2D eigenvalue weighted by Gasteiger charge is 2.17. The zero-order valence-electron chi connectivity index (χ0n) is 10.7. The van der Waals surface area contributed by atoms with Crippen molar-refractivity contribution in [3.05, 3.63) is 23.8 Å². The van der Waals surface area contributed by atoms with Crippen molar-refractivity contribution in [3.8, 4) is 11.5 Å². The van der Waals surface area contributed by atoms with E-state index in [0.717, 1.165) is 6.42 Å². The van der Waals surface area contributed by atoms with Gasteiger partial charge in [0.1, 0.15) is 0 Å². The first-order valence-corrected chi connectivity index (χ1v) is 5.65. The zero-order chi connectivity index (χ0) is 13.0. The minimum atomic E-state index is -0.0997. The second-order valence-corrected chi connectivity index (χ2v) is 4.06. The number of phenols is 1. The van der Waals surface area contributed by atoms with E-state index in [1.807, 2.05) is 13.8 Å². The predicted molar refractivity (Wildman–Crippen MR) is 66.5 cm³/mol. The van der Waals surface area contributed by atoms with Crippen molar-refractivity contribution in [2.24, 2.45) is 0 Å². The molecule has 1 N–H and O–H groups in total. The molecule has 0 radical (unpaired) electrons. The molecule has 0 saturated carbocycles. The number of ether oxygens (including phenoxy) is 1. The summed E-state index contributed by atoms with van der Waals surface area (Å²) in [6.07, 6.45) is 0.893. The van der Waals surface area contributed by atoms with Gasteiger partial charge in [-0.1, -0.05) is 6.92 Å². The Labute approximate surface area is 102 Å². The number of aromatic hydroxyl groups is 1. The van der Waals surface area contributed by atoms with Crippen LogP contribution in [0.1, 0.15) is 30.6 Å². The highest BCUT2D eigenvalue weighted by atomic mass is 16.5. The summed E-state index contributed by atoms with van der Waals surface area (Å²) in [5.41, 5.74) is 0.464. The summed E-state index contributed by atoms with van der Waals surface area (Å²) in [6.45, 7) is 4.02. The van der Waals surface area contributed by atoms with Crippen LogP contribution in [-0.4, -0.2) is 36.1 Å². The van der Waals surface area contributed by atoms with Gasteiger partial charge in [-0.2, -0.15) is 0 Å². The van der Waals surface area contributed by atoms with Gasteiger partial charge in [-0.15, -0.1) is 0 Å². The number of amides is 1. The van der Waals surface area contributed by atoms with Crippen molar-refractivity contribution in [1.82, 2.24) is 4.90 Å². The Hall–Kier alpha value is -1.71. The molecule has 0 aliphatic carbocycles. The molecule has 94 valence electrons. The Kier molecular flexibility index (Phi) is 4.37. The number of rotatable bonds is 4. The lowest BCUT2D eigenvalue weighted by atomic mass is 10.1. The Morgan fingerprint density at radius 2 is 2.18 bits per heavy atom. The molecule has 0 fully saturated rings. The van der Waals surface area contributed by atoms with E-state index in [9.17, 15) is 9.90 Å². The van der Waals surface area contributed by atoms with Crippen LogP contribution in [0.5, 0.6) is 11.5 Å². The van der Waals surface area contributed by atoms with E-state index < -0.39 is 0 Å². The lowest BCUT2D eigenvalue weighted by Crippen LogP contribution is -2.34. The number of nitrogens with zero attached hydrogens (tertiary/aromatic N) is 1. The summed E-state index contributed by atoms with van der Waals surface area (Å²) in [4.78, 5) is 13.7. The van der Waals surface area contributed by atoms with E-state index in [4.69, 9.17) is 4.74 Å². The molecule has 1 atom stereocenters. The van der Waals surface area contributed by atoms with Gasteiger partial charge < -0.3 is 14.7 Å². The number of carbonyl (C=O) groups is 1. The maximum atomic E-state index is 12.1. The molecule has 0 bridgehead atoms. The first kappa shape index (κ1) is 13.4. The van der Waals surface area contributed by atoms with Gasteiger partial charge in [0.2, 0.25) is 0 Å². The maximum absolute atomic E-state index is 12.1. The third-order valence-electron chi connectivity index (χ3n) is 3.00. The van der Waals surface area contributed by atoms with Gasteiger partial charge in [-0.25, -0.2) is 0 Å². The van der Waals surface area contributed by atoms with E-state index in [1.165, 1.54) is 13.2 Å². The molecule has 17 heavy (non-hydrogen) atoms. The summed E-state index contributed by atoms with van der Waals surface area (Å²) < 4.78 is 4.93. The van der Waals surface area contributed by atoms with Crippen LogP contribution in [0.4, 0.5) is 0 Å². The average molecular weight is 237 g/mol. The summed E-state index contributed by atoms with van der Waals surface area (Å²) in [5, 5.41) is 9.62. The van der Waals surface area contributed by atoms with Crippen molar-refractivity contribution in [3.63, 3.8) is 0 Å². The molecule has 0 saturated heterocycles. The van der Waals surface area contributed by atoms with E-state index >= 15 is 0 Å². The van der Waals surface area contributed by atoms with Gasteiger partial charge in [0.25, 0.3) is 5.91 Å². The molecule has 4 nitrogen and oxygen atoms in total. The molecule has 1 aromatic carbocycles. The lowest BCUT2D eigenvalue weighted by Gasteiger charge is -2.24. The largest absolute Gasteiger partial charge is 0.504 e. The normalized spacial score (nSPS) is 12.0. The van der Waals surface area contributed by atoms with Crippen molar-refractivity contribution < 1.29 is 14.6 Å². The number of phenolic OH excluding ortho intramolecular Hbond substituents is 1. The highest BCUT2D eigenvalue weighted by molar-refractivity contribution is 5.94. The van der Waals surface area contributed by atoms with Crippen LogP contribution >= 0.6 is 0 Å². The van der Waals surface area contributed by atoms with E-state index in [-0.39, 0.29) is 17.7 Å². The van der Waals surface area contributed by atoms with Crippen molar-refractivity contribution in [1.29, 1.82) is 0 Å². The first-order chi connectivity index (χ1) is 8.01. The molecule has 1 aromatic rings. The van der Waals surface area contributed by atoms with Gasteiger partial charge in [0.15, 0.2) is 11.5 Å². The number of benzene rings is 1. The predicted octanol–water partition coefficient (Wildman–Crippen LogP) is 2.27. The Morgan fingerprint density at radius 1 is 1.53 bits per heavy atom. The molecule has 1 rings (SSSR count). The summed E-state index contributed by atoms with van der Waals surface area (Å²) in [6, 6.07) is 4.85. The zero-order valence-corrected chi connectivity index (χ0v) is 10.7. The summed E-state index contributed by atoms with van der Waals surface area (Å²) in [5.74, 6) is 0.251. The van der Waals surface area contributed by atoms with Crippen LogP contribution < -0.4 is 4.74 Å². The summed E-state index contributed by atoms with van der Waals surface area (Å²) >= 11 is 0. The molecular formula is C13H19NO3. The van der Waals surface area contributed by atoms with Gasteiger partial charge >= 0.3 is 0 Å². The Bertz CT molecular complexity index is 404. The molecule has 4 heteroatoms. The fourth-order valence-electron chi connectivity index (χ4n) is 1.50. The van der Waals surface area contributed by atoms with Crippen LogP contribution in [0.25, 0.3) is 0 Å². The quantitative estimate of drug-likeness (QED) is 0.874. The van der Waals surface area contributed by atoms with Gasteiger partial charge in [-0.05, 0) is 31.5 Å². The van der Waals surface area contributed by atoms with Crippen molar-refractivity contribution >= 4 is 5.91 Å². The molecule has 1 amide bonds. The highest BCUT2D eigenvalue weighted by Crippen LogP contribution is 2.26.